The highest BCUT2D eigenvalue weighted by molar-refractivity contribution is 7.89. The van der Waals surface area contributed by atoms with Crippen molar-refractivity contribution in [3.63, 3.8) is 0 Å². The summed E-state index contributed by atoms with van der Waals surface area (Å²) in [5.74, 6) is 0. The summed E-state index contributed by atoms with van der Waals surface area (Å²) in [7, 11) is -2.01. The minimum absolute atomic E-state index is 0.0253. The maximum Gasteiger partial charge on any atom is 0.240 e. The number of aliphatic hydroxyl groups excluding tert-OH is 1. The highest BCUT2D eigenvalue weighted by Crippen LogP contribution is 2.21. The van der Waals surface area contributed by atoms with Gasteiger partial charge in [0.05, 0.1) is 11.5 Å². The van der Waals surface area contributed by atoms with E-state index in [-0.39, 0.29) is 23.6 Å². The largest absolute Gasteiger partial charge is 0.392 e. The van der Waals surface area contributed by atoms with E-state index in [2.05, 4.69) is 17.0 Å². The van der Waals surface area contributed by atoms with Gasteiger partial charge in [-0.3, -0.25) is 0 Å². The Bertz CT molecular complexity index is 773. The molecule has 0 heterocycles. The first kappa shape index (κ1) is 18.6. The van der Waals surface area contributed by atoms with Gasteiger partial charge in [-0.25, -0.2) is 13.1 Å². The van der Waals surface area contributed by atoms with Crippen LogP contribution in [-0.4, -0.2) is 20.6 Å². The summed E-state index contributed by atoms with van der Waals surface area (Å²) in [6.45, 7) is 4.12. The van der Waals surface area contributed by atoms with Gasteiger partial charge in [-0.05, 0) is 49.7 Å². The average molecular weight is 348 g/mol. The van der Waals surface area contributed by atoms with Crippen molar-refractivity contribution in [3.05, 3.63) is 65.2 Å². The van der Waals surface area contributed by atoms with E-state index in [0.29, 0.717) is 0 Å². The van der Waals surface area contributed by atoms with Gasteiger partial charge in [0, 0.05) is 12.1 Å². The summed E-state index contributed by atoms with van der Waals surface area (Å²) in [5, 5.41) is 12.7. The Labute approximate surface area is 143 Å². The second-order valence-corrected chi connectivity index (χ2v) is 7.68. The van der Waals surface area contributed by atoms with Gasteiger partial charge in [0.15, 0.2) is 0 Å². The molecule has 2 aromatic rings. The third kappa shape index (κ3) is 4.42. The van der Waals surface area contributed by atoms with Crippen LogP contribution in [0.25, 0.3) is 0 Å². The van der Waals surface area contributed by atoms with Gasteiger partial charge in [0.2, 0.25) is 10.0 Å². The summed E-state index contributed by atoms with van der Waals surface area (Å²) in [6, 6.07) is 14.8. The van der Waals surface area contributed by atoms with Crippen molar-refractivity contribution in [1.29, 1.82) is 0 Å². The van der Waals surface area contributed by atoms with Crippen LogP contribution in [0.2, 0.25) is 0 Å². The summed E-state index contributed by atoms with van der Waals surface area (Å²) in [6.07, 6.45) is 0. The number of rotatable bonds is 7. The molecule has 24 heavy (non-hydrogen) atoms. The average Bonchev–Trinajstić information content (AvgIpc) is 2.61. The second-order valence-electron chi connectivity index (χ2n) is 5.79. The SMILES string of the molecule is CNS(=O)(=O)c1ccc(C(C)NC(C)c2cccc(CO)c2)cc1. The number of hydrogen-bond acceptors (Lipinski definition) is 4. The first-order valence-corrected chi connectivity index (χ1v) is 9.35. The Morgan fingerprint density at radius 3 is 2.21 bits per heavy atom. The van der Waals surface area contributed by atoms with Crippen LogP contribution in [0.4, 0.5) is 0 Å². The third-order valence-electron chi connectivity index (χ3n) is 4.09. The van der Waals surface area contributed by atoms with Crippen molar-refractivity contribution in [2.45, 2.75) is 37.4 Å². The van der Waals surface area contributed by atoms with Crippen molar-refractivity contribution in [3.8, 4) is 0 Å². The van der Waals surface area contributed by atoms with Crippen LogP contribution in [-0.2, 0) is 16.6 Å². The molecule has 2 atom stereocenters. The standard InChI is InChI=1S/C18H24N2O3S/c1-13(16-7-9-18(10-8-16)24(22,23)19-3)20-14(2)17-6-4-5-15(11-17)12-21/h4-11,13-14,19-21H,12H2,1-3H3. The van der Waals surface area contributed by atoms with E-state index in [1.807, 2.05) is 43.3 Å². The zero-order valence-electron chi connectivity index (χ0n) is 14.2. The van der Waals surface area contributed by atoms with E-state index in [1.54, 1.807) is 12.1 Å². The van der Waals surface area contributed by atoms with Crippen LogP contribution in [0, 0.1) is 0 Å². The quantitative estimate of drug-likeness (QED) is 0.718. The predicted molar refractivity (Wildman–Crippen MR) is 95.0 cm³/mol. The Hall–Kier alpha value is -1.73. The van der Waals surface area contributed by atoms with Gasteiger partial charge in [0.1, 0.15) is 0 Å². The van der Waals surface area contributed by atoms with Crippen molar-refractivity contribution in [2.24, 2.45) is 0 Å². The molecule has 0 aromatic heterocycles. The molecule has 130 valence electrons. The first-order chi connectivity index (χ1) is 11.4. The minimum Gasteiger partial charge on any atom is -0.392 e. The molecule has 3 N–H and O–H groups in total. The number of nitrogens with one attached hydrogen (secondary N) is 2. The molecule has 0 bridgehead atoms. The predicted octanol–water partition coefficient (Wildman–Crippen LogP) is 2.50. The Kier molecular flexibility index (Phi) is 6.12. The molecule has 0 spiro atoms. The molecule has 0 aliphatic rings. The topological polar surface area (TPSA) is 78.4 Å². The van der Waals surface area contributed by atoms with Gasteiger partial charge < -0.3 is 10.4 Å². The molecule has 6 heteroatoms. The molecular formula is C18H24N2O3S. The Morgan fingerprint density at radius 1 is 1.00 bits per heavy atom. The maximum atomic E-state index is 11.8. The van der Waals surface area contributed by atoms with E-state index in [1.165, 1.54) is 7.05 Å². The highest BCUT2D eigenvalue weighted by atomic mass is 32.2. The first-order valence-electron chi connectivity index (χ1n) is 7.86. The molecule has 0 fully saturated rings. The summed E-state index contributed by atoms with van der Waals surface area (Å²) < 4.78 is 25.8. The molecule has 2 unspecified atom stereocenters. The fourth-order valence-corrected chi connectivity index (χ4v) is 3.31. The van der Waals surface area contributed by atoms with Crippen molar-refractivity contribution in [2.75, 3.05) is 7.05 Å². The smallest absolute Gasteiger partial charge is 0.240 e. The van der Waals surface area contributed by atoms with Gasteiger partial charge in [-0.1, -0.05) is 36.4 Å². The molecule has 0 amide bonds. The monoisotopic (exact) mass is 348 g/mol. The highest BCUT2D eigenvalue weighted by Gasteiger charge is 2.14. The van der Waals surface area contributed by atoms with Crippen LogP contribution in [0.3, 0.4) is 0 Å². The fourth-order valence-electron chi connectivity index (χ4n) is 2.58. The zero-order chi connectivity index (χ0) is 17.7. The number of aliphatic hydroxyl groups is 1. The van der Waals surface area contributed by atoms with Crippen LogP contribution >= 0.6 is 0 Å². The van der Waals surface area contributed by atoms with Crippen LogP contribution < -0.4 is 10.0 Å². The minimum atomic E-state index is -3.41. The van der Waals surface area contributed by atoms with E-state index in [0.717, 1.165) is 16.7 Å². The molecule has 5 nitrogen and oxygen atoms in total. The van der Waals surface area contributed by atoms with Crippen molar-refractivity contribution < 1.29 is 13.5 Å². The van der Waals surface area contributed by atoms with Gasteiger partial charge in [0.25, 0.3) is 0 Å². The van der Waals surface area contributed by atoms with E-state index in [9.17, 15) is 13.5 Å². The van der Waals surface area contributed by atoms with Gasteiger partial charge in [-0.15, -0.1) is 0 Å². The second kappa shape index (κ2) is 7.90. The van der Waals surface area contributed by atoms with Gasteiger partial charge >= 0.3 is 0 Å². The van der Waals surface area contributed by atoms with Crippen LogP contribution in [0.15, 0.2) is 53.4 Å². The molecule has 0 aliphatic heterocycles. The fraction of sp³-hybridized carbons (Fsp3) is 0.333. The molecule has 0 radical (unpaired) electrons. The van der Waals surface area contributed by atoms with E-state index >= 15 is 0 Å². The Balaban J connectivity index is 2.10. The maximum absolute atomic E-state index is 11.8. The number of sulfonamides is 1. The van der Waals surface area contributed by atoms with Crippen LogP contribution in [0.5, 0.6) is 0 Å². The molecule has 2 rings (SSSR count). The lowest BCUT2D eigenvalue weighted by Gasteiger charge is -2.21. The van der Waals surface area contributed by atoms with Crippen molar-refractivity contribution >= 4 is 10.0 Å². The normalized spacial score (nSPS) is 14.3. The summed E-state index contributed by atoms with van der Waals surface area (Å²) in [4.78, 5) is 0.254. The number of hydrogen-bond donors (Lipinski definition) is 3. The zero-order valence-corrected chi connectivity index (χ0v) is 15.0. The number of benzene rings is 2. The third-order valence-corrected chi connectivity index (χ3v) is 5.52. The summed E-state index contributed by atoms with van der Waals surface area (Å²) in [5.41, 5.74) is 2.99. The molecular weight excluding hydrogens is 324 g/mol. The Morgan fingerprint density at radius 2 is 1.62 bits per heavy atom. The van der Waals surface area contributed by atoms with Crippen LogP contribution in [0.1, 0.15) is 42.6 Å². The lowest BCUT2D eigenvalue weighted by Crippen LogP contribution is -2.23. The lowest BCUT2D eigenvalue weighted by atomic mass is 10.0. The summed E-state index contributed by atoms with van der Waals surface area (Å²) >= 11 is 0. The molecule has 0 saturated heterocycles. The molecule has 0 saturated carbocycles. The van der Waals surface area contributed by atoms with E-state index < -0.39 is 10.0 Å². The van der Waals surface area contributed by atoms with Crippen molar-refractivity contribution in [1.82, 2.24) is 10.0 Å². The molecule has 0 aliphatic carbocycles. The molecule has 2 aromatic carbocycles. The lowest BCUT2D eigenvalue weighted by molar-refractivity contribution is 0.281. The van der Waals surface area contributed by atoms with E-state index in [4.69, 9.17) is 0 Å². The van der Waals surface area contributed by atoms with Gasteiger partial charge in [-0.2, -0.15) is 0 Å².